The van der Waals surface area contributed by atoms with E-state index in [1.54, 1.807) is 47.5 Å². The average Bonchev–Trinajstić information content (AvgIpc) is 3.25. The summed E-state index contributed by atoms with van der Waals surface area (Å²) in [6.45, 7) is 1.87. The highest BCUT2D eigenvalue weighted by molar-refractivity contribution is 6.04. The summed E-state index contributed by atoms with van der Waals surface area (Å²) in [5, 5.41) is 9.83. The van der Waals surface area contributed by atoms with Crippen LogP contribution in [0.3, 0.4) is 0 Å². The number of pyridine rings is 1. The molecule has 2 amide bonds. The number of nitrogens with zero attached hydrogens (tertiary/aromatic N) is 3. The maximum Gasteiger partial charge on any atom is 0.255 e. The number of amides is 2. The molecule has 0 saturated heterocycles. The van der Waals surface area contributed by atoms with E-state index in [1.165, 1.54) is 24.3 Å². The Balaban J connectivity index is 1.42. The van der Waals surface area contributed by atoms with Crippen molar-refractivity contribution in [1.29, 1.82) is 0 Å². The highest BCUT2D eigenvalue weighted by Gasteiger charge is 2.11. The Labute approximate surface area is 183 Å². The van der Waals surface area contributed by atoms with Gasteiger partial charge in [0.15, 0.2) is 0 Å². The largest absolute Gasteiger partial charge is 0.326 e. The molecular weight excluding hydrogens is 409 g/mol. The zero-order valence-corrected chi connectivity index (χ0v) is 17.2. The van der Waals surface area contributed by atoms with Crippen molar-refractivity contribution in [3.05, 3.63) is 102 Å². The molecule has 0 fully saturated rings. The first-order valence-electron chi connectivity index (χ1n) is 9.90. The molecule has 4 aromatic rings. The smallest absolute Gasteiger partial charge is 0.255 e. The first kappa shape index (κ1) is 20.9. The fourth-order valence-electron chi connectivity index (χ4n) is 3.05. The minimum atomic E-state index is -0.365. The second-order valence-corrected chi connectivity index (χ2v) is 7.22. The Morgan fingerprint density at radius 1 is 0.969 bits per heavy atom. The SMILES string of the molecule is Cc1ccc(NC(=O)c2cccc(-n3cc(CC(=O)Nc4ccc(F)cc4)cn3)c2)cn1. The standard InChI is InChI=1S/C24H20FN5O2/c1-16-5-8-21(14-26-16)29-24(32)18-3-2-4-22(12-18)30-15-17(13-27-30)11-23(31)28-20-9-6-19(25)7-10-20/h2-10,12-15H,11H2,1H3,(H,28,31)(H,29,32). The Bertz CT molecular complexity index is 1250. The molecule has 2 heterocycles. The molecule has 32 heavy (non-hydrogen) atoms. The van der Waals surface area contributed by atoms with Crippen LogP contribution in [0, 0.1) is 12.7 Å². The van der Waals surface area contributed by atoms with Gasteiger partial charge in [-0.15, -0.1) is 0 Å². The molecule has 0 atom stereocenters. The van der Waals surface area contributed by atoms with Crippen LogP contribution in [0.5, 0.6) is 0 Å². The third-order valence-electron chi connectivity index (χ3n) is 4.67. The van der Waals surface area contributed by atoms with Crippen molar-refractivity contribution in [2.75, 3.05) is 10.6 Å². The van der Waals surface area contributed by atoms with Crippen LogP contribution in [-0.4, -0.2) is 26.6 Å². The van der Waals surface area contributed by atoms with Crippen LogP contribution in [0.4, 0.5) is 15.8 Å². The molecule has 2 aromatic heterocycles. The third kappa shape index (κ3) is 5.23. The lowest BCUT2D eigenvalue weighted by atomic mass is 10.2. The molecule has 7 nitrogen and oxygen atoms in total. The number of carbonyl (C=O) groups excluding carboxylic acids is 2. The summed E-state index contributed by atoms with van der Waals surface area (Å²) < 4.78 is 14.6. The van der Waals surface area contributed by atoms with Crippen molar-refractivity contribution in [1.82, 2.24) is 14.8 Å². The van der Waals surface area contributed by atoms with Gasteiger partial charge in [0.05, 0.1) is 30.2 Å². The number of carbonyl (C=O) groups is 2. The van der Waals surface area contributed by atoms with Gasteiger partial charge in [0.1, 0.15) is 5.82 Å². The highest BCUT2D eigenvalue weighted by Crippen LogP contribution is 2.15. The normalized spacial score (nSPS) is 10.6. The number of anilines is 2. The van der Waals surface area contributed by atoms with Gasteiger partial charge in [0.2, 0.25) is 5.91 Å². The van der Waals surface area contributed by atoms with Gasteiger partial charge in [0.25, 0.3) is 5.91 Å². The van der Waals surface area contributed by atoms with Gasteiger partial charge in [0, 0.05) is 23.1 Å². The van der Waals surface area contributed by atoms with Crippen molar-refractivity contribution in [2.24, 2.45) is 0 Å². The van der Waals surface area contributed by atoms with E-state index in [2.05, 4.69) is 20.7 Å². The first-order valence-corrected chi connectivity index (χ1v) is 9.90. The van der Waals surface area contributed by atoms with Crippen LogP contribution in [0.2, 0.25) is 0 Å². The second-order valence-electron chi connectivity index (χ2n) is 7.22. The van der Waals surface area contributed by atoms with Gasteiger partial charge in [-0.2, -0.15) is 5.10 Å². The van der Waals surface area contributed by atoms with Crippen molar-refractivity contribution in [3.63, 3.8) is 0 Å². The summed E-state index contributed by atoms with van der Waals surface area (Å²) in [5.41, 5.74) is 3.85. The molecule has 0 bridgehead atoms. The molecular formula is C24H20FN5O2. The lowest BCUT2D eigenvalue weighted by molar-refractivity contribution is -0.115. The first-order chi connectivity index (χ1) is 15.5. The topological polar surface area (TPSA) is 88.9 Å². The van der Waals surface area contributed by atoms with Crippen LogP contribution in [0.25, 0.3) is 5.69 Å². The number of nitrogens with one attached hydrogen (secondary N) is 2. The van der Waals surface area contributed by atoms with Crippen LogP contribution >= 0.6 is 0 Å². The minimum absolute atomic E-state index is 0.109. The van der Waals surface area contributed by atoms with Gasteiger partial charge in [-0.05, 0) is 67.1 Å². The summed E-state index contributed by atoms with van der Waals surface area (Å²) >= 11 is 0. The average molecular weight is 429 g/mol. The molecule has 2 aromatic carbocycles. The zero-order valence-electron chi connectivity index (χ0n) is 17.2. The van der Waals surface area contributed by atoms with E-state index < -0.39 is 0 Å². The summed E-state index contributed by atoms with van der Waals surface area (Å²) in [6.07, 6.45) is 5.03. The molecule has 0 spiro atoms. The monoisotopic (exact) mass is 429 g/mol. The lowest BCUT2D eigenvalue weighted by Crippen LogP contribution is -2.14. The summed E-state index contributed by atoms with van der Waals surface area (Å²) in [5.74, 6) is -0.865. The predicted octanol–water partition coefficient (Wildman–Crippen LogP) is 4.15. The Hall–Kier alpha value is -4.33. The van der Waals surface area contributed by atoms with E-state index in [9.17, 15) is 14.0 Å². The van der Waals surface area contributed by atoms with Crippen molar-refractivity contribution in [3.8, 4) is 5.69 Å². The predicted molar refractivity (Wildman–Crippen MR) is 119 cm³/mol. The van der Waals surface area contributed by atoms with Crippen LogP contribution in [-0.2, 0) is 11.2 Å². The van der Waals surface area contributed by atoms with E-state index in [1.807, 2.05) is 19.1 Å². The Morgan fingerprint density at radius 3 is 2.50 bits per heavy atom. The fourth-order valence-corrected chi connectivity index (χ4v) is 3.05. The molecule has 0 radical (unpaired) electrons. The molecule has 0 aliphatic heterocycles. The Morgan fingerprint density at radius 2 is 1.75 bits per heavy atom. The van der Waals surface area contributed by atoms with Gasteiger partial charge < -0.3 is 10.6 Å². The lowest BCUT2D eigenvalue weighted by Gasteiger charge is -2.07. The van der Waals surface area contributed by atoms with Crippen molar-refractivity contribution in [2.45, 2.75) is 13.3 Å². The number of hydrogen-bond acceptors (Lipinski definition) is 4. The molecule has 0 aliphatic rings. The highest BCUT2D eigenvalue weighted by atomic mass is 19.1. The number of aryl methyl sites for hydroxylation is 1. The van der Waals surface area contributed by atoms with E-state index in [0.29, 0.717) is 28.2 Å². The number of halogens is 1. The molecule has 2 N–H and O–H groups in total. The van der Waals surface area contributed by atoms with Crippen LogP contribution < -0.4 is 10.6 Å². The van der Waals surface area contributed by atoms with Crippen LogP contribution in [0.1, 0.15) is 21.6 Å². The molecule has 4 rings (SSSR count). The summed E-state index contributed by atoms with van der Waals surface area (Å²) in [6, 6.07) is 16.2. The van der Waals surface area contributed by atoms with Gasteiger partial charge in [-0.3, -0.25) is 14.6 Å². The molecule has 8 heteroatoms. The quantitative estimate of drug-likeness (QED) is 0.482. The molecule has 0 saturated carbocycles. The third-order valence-corrected chi connectivity index (χ3v) is 4.67. The number of aromatic nitrogens is 3. The Kier molecular flexibility index (Phi) is 6.03. The van der Waals surface area contributed by atoms with E-state index >= 15 is 0 Å². The minimum Gasteiger partial charge on any atom is -0.326 e. The molecule has 0 aliphatic carbocycles. The van der Waals surface area contributed by atoms with E-state index in [0.717, 1.165) is 5.69 Å². The molecule has 160 valence electrons. The fraction of sp³-hybridized carbons (Fsp3) is 0.0833. The second kappa shape index (κ2) is 9.22. The van der Waals surface area contributed by atoms with Crippen LogP contribution in [0.15, 0.2) is 79.3 Å². The van der Waals surface area contributed by atoms with Crippen molar-refractivity contribution >= 4 is 23.2 Å². The summed E-state index contributed by atoms with van der Waals surface area (Å²) in [4.78, 5) is 29.0. The molecule has 0 unspecified atom stereocenters. The summed E-state index contributed by atoms with van der Waals surface area (Å²) in [7, 11) is 0. The van der Waals surface area contributed by atoms with Gasteiger partial charge >= 0.3 is 0 Å². The number of rotatable bonds is 6. The zero-order chi connectivity index (χ0) is 22.5. The van der Waals surface area contributed by atoms with E-state index in [4.69, 9.17) is 0 Å². The maximum atomic E-state index is 13.0. The number of hydrogen-bond donors (Lipinski definition) is 2. The van der Waals surface area contributed by atoms with E-state index in [-0.39, 0.29) is 24.1 Å². The van der Waals surface area contributed by atoms with Gasteiger partial charge in [-0.1, -0.05) is 6.07 Å². The van der Waals surface area contributed by atoms with Crippen molar-refractivity contribution < 1.29 is 14.0 Å². The number of benzene rings is 2. The maximum absolute atomic E-state index is 13.0. The van der Waals surface area contributed by atoms with Gasteiger partial charge in [-0.25, -0.2) is 9.07 Å².